The Balaban J connectivity index is 1.43. The highest BCUT2D eigenvalue weighted by Gasteiger charge is 2.39. The standard InChI is InChI=1S/C30H36FN5O4/c1-4-21-22(31)8-7-19-15-20(37)16-24(25(19)21)36-17-23-26(28(36)38)27(35-11-6-13-39-14-12-35)33-29(32-23)40-18-30(2)9-5-10-34(30)3/h7-8,15-16,37H,4-6,9-14,17-18H2,1-3H3. The predicted octanol–water partition coefficient (Wildman–Crippen LogP) is 4.29. The molecule has 0 saturated carbocycles. The number of anilines is 2. The van der Waals surface area contributed by atoms with E-state index in [-0.39, 0.29) is 35.6 Å². The second kappa shape index (κ2) is 10.5. The summed E-state index contributed by atoms with van der Waals surface area (Å²) in [6.45, 7) is 8.16. The van der Waals surface area contributed by atoms with Crippen molar-refractivity contribution >= 4 is 28.2 Å². The number of likely N-dealkylation sites (N-methyl/N-ethyl adjacent to an activating group) is 1. The molecule has 0 spiro atoms. The van der Waals surface area contributed by atoms with Gasteiger partial charge in [0.05, 0.1) is 30.1 Å². The minimum atomic E-state index is -0.336. The summed E-state index contributed by atoms with van der Waals surface area (Å²) in [7, 11) is 2.10. The quantitative estimate of drug-likeness (QED) is 0.487. The molecule has 3 aromatic rings. The Kier molecular flexibility index (Phi) is 7.00. The molecule has 1 aromatic heterocycles. The molecule has 212 valence electrons. The number of aromatic hydroxyl groups is 1. The number of aryl methyl sites for hydroxylation is 1. The Morgan fingerprint density at radius 2 is 2.00 bits per heavy atom. The van der Waals surface area contributed by atoms with Crippen LogP contribution in [-0.4, -0.2) is 77.9 Å². The third kappa shape index (κ3) is 4.62. The summed E-state index contributed by atoms with van der Waals surface area (Å²) in [6, 6.07) is 6.42. The second-order valence-corrected chi connectivity index (χ2v) is 11.2. The van der Waals surface area contributed by atoms with Crippen molar-refractivity contribution in [2.24, 2.45) is 0 Å². The molecule has 1 atom stereocenters. The monoisotopic (exact) mass is 549 g/mol. The van der Waals surface area contributed by atoms with Crippen LogP contribution in [0.3, 0.4) is 0 Å². The van der Waals surface area contributed by atoms with Crippen LogP contribution in [0.15, 0.2) is 24.3 Å². The molecule has 9 nitrogen and oxygen atoms in total. The largest absolute Gasteiger partial charge is 0.508 e. The van der Waals surface area contributed by atoms with Crippen molar-refractivity contribution in [3.05, 3.63) is 46.9 Å². The second-order valence-electron chi connectivity index (χ2n) is 11.2. The Morgan fingerprint density at radius 3 is 2.77 bits per heavy atom. The number of hydrogen-bond acceptors (Lipinski definition) is 8. The van der Waals surface area contributed by atoms with Crippen molar-refractivity contribution in [3.63, 3.8) is 0 Å². The van der Waals surface area contributed by atoms with Crippen molar-refractivity contribution < 1.29 is 23.8 Å². The fraction of sp³-hybridized carbons (Fsp3) is 0.500. The van der Waals surface area contributed by atoms with Crippen LogP contribution < -0.4 is 14.5 Å². The number of amides is 1. The Bertz CT molecular complexity index is 1460. The van der Waals surface area contributed by atoms with Gasteiger partial charge in [0, 0.05) is 31.1 Å². The number of carbonyl (C=O) groups excluding carboxylic acids is 1. The fourth-order valence-electron chi connectivity index (χ4n) is 6.20. The van der Waals surface area contributed by atoms with Crippen LogP contribution in [0.2, 0.25) is 0 Å². The summed E-state index contributed by atoms with van der Waals surface area (Å²) in [6.07, 6.45) is 3.39. The fourth-order valence-corrected chi connectivity index (χ4v) is 6.20. The molecule has 1 unspecified atom stereocenters. The Hall–Kier alpha value is -3.50. The normalized spacial score (nSPS) is 21.8. The van der Waals surface area contributed by atoms with Crippen LogP contribution in [-0.2, 0) is 17.7 Å². The number of phenolic OH excluding ortho intramolecular Hbond substituents is 1. The number of benzene rings is 2. The summed E-state index contributed by atoms with van der Waals surface area (Å²) >= 11 is 0. The molecular weight excluding hydrogens is 513 g/mol. The maximum atomic E-state index is 14.9. The molecule has 2 aromatic carbocycles. The number of aromatic nitrogens is 2. The van der Waals surface area contributed by atoms with Gasteiger partial charge in [-0.3, -0.25) is 9.69 Å². The molecule has 40 heavy (non-hydrogen) atoms. The minimum Gasteiger partial charge on any atom is -0.508 e. The van der Waals surface area contributed by atoms with Gasteiger partial charge >= 0.3 is 6.01 Å². The van der Waals surface area contributed by atoms with Crippen molar-refractivity contribution in [2.45, 2.75) is 51.6 Å². The molecule has 0 radical (unpaired) electrons. The Morgan fingerprint density at radius 1 is 1.15 bits per heavy atom. The van der Waals surface area contributed by atoms with Gasteiger partial charge in [0.15, 0.2) is 0 Å². The van der Waals surface area contributed by atoms with Crippen LogP contribution in [0.4, 0.5) is 15.9 Å². The van der Waals surface area contributed by atoms with E-state index in [1.165, 1.54) is 12.1 Å². The van der Waals surface area contributed by atoms with Crippen molar-refractivity contribution in [1.29, 1.82) is 0 Å². The number of ether oxygens (including phenoxy) is 2. The zero-order chi connectivity index (χ0) is 28.0. The van der Waals surface area contributed by atoms with E-state index in [9.17, 15) is 14.3 Å². The van der Waals surface area contributed by atoms with E-state index < -0.39 is 0 Å². The number of fused-ring (bicyclic) bond motifs is 2. The lowest BCUT2D eigenvalue weighted by molar-refractivity contribution is 0.0996. The summed E-state index contributed by atoms with van der Waals surface area (Å²) in [5.74, 6) is -0.0669. The number of halogens is 1. The molecule has 2 fully saturated rings. The van der Waals surface area contributed by atoms with E-state index in [4.69, 9.17) is 19.4 Å². The van der Waals surface area contributed by atoms with Crippen molar-refractivity contribution in [1.82, 2.24) is 14.9 Å². The summed E-state index contributed by atoms with van der Waals surface area (Å²) in [4.78, 5) is 29.6. The molecule has 0 aliphatic carbocycles. The molecule has 3 aliphatic heterocycles. The summed E-state index contributed by atoms with van der Waals surface area (Å²) < 4.78 is 26.8. The average molecular weight is 550 g/mol. The van der Waals surface area contributed by atoms with Crippen LogP contribution in [0.5, 0.6) is 11.8 Å². The van der Waals surface area contributed by atoms with E-state index >= 15 is 0 Å². The van der Waals surface area contributed by atoms with E-state index in [1.54, 1.807) is 17.0 Å². The third-order valence-corrected chi connectivity index (χ3v) is 8.65. The van der Waals surface area contributed by atoms with Gasteiger partial charge in [0.1, 0.15) is 29.6 Å². The SMILES string of the molecule is CCc1c(F)ccc2cc(O)cc(N3Cc4nc(OCC5(C)CCCN5C)nc(N5CCCOCC5)c4C3=O)c12. The molecule has 0 bridgehead atoms. The smallest absolute Gasteiger partial charge is 0.318 e. The minimum absolute atomic E-state index is 0.00819. The lowest BCUT2D eigenvalue weighted by Gasteiger charge is -2.31. The summed E-state index contributed by atoms with van der Waals surface area (Å²) in [5, 5.41) is 11.8. The number of likely N-dealkylation sites (tertiary alicyclic amines) is 1. The molecule has 3 aliphatic rings. The van der Waals surface area contributed by atoms with Crippen molar-refractivity contribution in [3.8, 4) is 11.8 Å². The highest BCUT2D eigenvalue weighted by atomic mass is 19.1. The molecule has 1 amide bonds. The van der Waals surface area contributed by atoms with E-state index in [1.807, 2.05) is 6.92 Å². The lowest BCUT2D eigenvalue weighted by atomic mass is 9.99. The van der Waals surface area contributed by atoms with Gasteiger partial charge in [-0.05, 0) is 69.3 Å². The van der Waals surface area contributed by atoms with Gasteiger partial charge in [-0.1, -0.05) is 13.0 Å². The molecule has 4 heterocycles. The molecule has 10 heteroatoms. The molecule has 1 N–H and O–H groups in total. The maximum absolute atomic E-state index is 14.9. The first-order valence-electron chi connectivity index (χ1n) is 14.1. The van der Waals surface area contributed by atoms with Crippen molar-refractivity contribution in [2.75, 3.05) is 56.3 Å². The van der Waals surface area contributed by atoms with Crippen LogP contribution in [0.1, 0.15) is 54.7 Å². The van der Waals surface area contributed by atoms with Gasteiger partial charge in [-0.2, -0.15) is 9.97 Å². The molecular formula is C30H36FN5O4. The number of carbonyl (C=O) groups is 1. The van der Waals surface area contributed by atoms with Crippen LogP contribution >= 0.6 is 0 Å². The lowest BCUT2D eigenvalue weighted by Crippen LogP contribution is -2.43. The Labute approximate surface area is 233 Å². The van der Waals surface area contributed by atoms with Gasteiger partial charge in [-0.25, -0.2) is 4.39 Å². The number of hydrogen-bond donors (Lipinski definition) is 1. The first-order chi connectivity index (χ1) is 19.3. The van der Waals surface area contributed by atoms with Gasteiger partial charge in [0.2, 0.25) is 0 Å². The van der Waals surface area contributed by atoms with Gasteiger partial charge < -0.3 is 24.4 Å². The predicted molar refractivity (Wildman–Crippen MR) is 151 cm³/mol. The van der Waals surface area contributed by atoms with Gasteiger partial charge in [0.25, 0.3) is 5.91 Å². The highest BCUT2D eigenvalue weighted by Crippen LogP contribution is 2.41. The average Bonchev–Trinajstić information content (AvgIpc) is 3.30. The molecule has 6 rings (SSSR count). The zero-order valence-electron chi connectivity index (χ0n) is 23.4. The van der Waals surface area contributed by atoms with Gasteiger partial charge in [-0.15, -0.1) is 0 Å². The van der Waals surface area contributed by atoms with E-state index in [0.29, 0.717) is 78.4 Å². The highest BCUT2D eigenvalue weighted by molar-refractivity contribution is 6.16. The van der Waals surface area contributed by atoms with E-state index in [2.05, 4.69) is 23.8 Å². The van der Waals surface area contributed by atoms with Crippen LogP contribution in [0, 0.1) is 5.82 Å². The first kappa shape index (κ1) is 26.7. The van der Waals surface area contributed by atoms with E-state index in [0.717, 1.165) is 25.8 Å². The third-order valence-electron chi connectivity index (χ3n) is 8.65. The maximum Gasteiger partial charge on any atom is 0.318 e. The summed E-state index contributed by atoms with van der Waals surface area (Å²) in [5.41, 5.74) is 1.84. The zero-order valence-corrected chi connectivity index (χ0v) is 23.4. The number of nitrogens with zero attached hydrogens (tertiary/aromatic N) is 5. The molecule has 2 saturated heterocycles. The number of rotatable bonds is 6. The van der Waals surface area contributed by atoms with Crippen LogP contribution in [0.25, 0.3) is 10.8 Å². The first-order valence-corrected chi connectivity index (χ1v) is 14.1. The number of phenols is 1. The topological polar surface area (TPSA) is 91.3 Å².